The summed E-state index contributed by atoms with van der Waals surface area (Å²) in [6.07, 6.45) is 19.1. The van der Waals surface area contributed by atoms with Crippen molar-refractivity contribution in [3.05, 3.63) is 92.7 Å². The Kier molecular flexibility index (Phi) is 5.10. The zero-order chi connectivity index (χ0) is 37.3. The van der Waals surface area contributed by atoms with Crippen LogP contribution in [0.5, 0.6) is 0 Å². The Morgan fingerprint density at radius 3 is 2.32 bits per heavy atom. The van der Waals surface area contributed by atoms with Crippen molar-refractivity contribution in [1.29, 1.82) is 0 Å². The van der Waals surface area contributed by atoms with Gasteiger partial charge in [0.2, 0.25) is 0 Å². The molecule has 0 saturated heterocycles. The number of thiophene rings is 1. The Morgan fingerprint density at radius 1 is 0.678 bits per heavy atom. The molecule has 26 unspecified atom stereocenters. The maximum absolute atomic E-state index is 13.6. The molecule has 0 bridgehead atoms. The molecule has 13 fully saturated rings. The van der Waals surface area contributed by atoms with Gasteiger partial charge in [0.05, 0.1) is 6.61 Å². The van der Waals surface area contributed by atoms with E-state index in [0.29, 0.717) is 18.4 Å². The highest BCUT2D eigenvalue weighted by atomic mass is 32.1. The Hall–Kier alpha value is -2.39. The van der Waals surface area contributed by atoms with Gasteiger partial charge in [-0.15, -0.1) is 0 Å². The molecule has 1 spiro atoms. The maximum atomic E-state index is 13.6. The van der Waals surface area contributed by atoms with Crippen molar-refractivity contribution in [1.82, 2.24) is 0 Å². The van der Waals surface area contributed by atoms with E-state index in [1.807, 2.05) is 0 Å². The third kappa shape index (κ3) is 2.93. The zero-order valence-electron chi connectivity index (χ0n) is 34.3. The number of rotatable bonds is 8. The van der Waals surface area contributed by atoms with E-state index >= 15 is 0 Å². The van der Waals surface area contributed by atoms with Gasteiger partial charge in [0.25, 0.3) is 0 Å². The van der Waals surface area contributed by atoms with Gasteiger partial charge in [-0.2, -0.15) is 11.3 Å². The van der Waals surface area contributed by atoms with Gasteiger partial charge in [-0.05, 0) is 239 Å². The van der Waals surface area contributed by atoms with Crippen LogP contribution >= 0.6 is 11.3 Å². The Labute approximate surface area is 353 Å². The minimum absolute atomic E-state index is 0.0494. The molecule has 59 heavy (non-hydrogen) atoms. The molecule has 300 valence electrons. The molecule has 3 heteroatoms. The van der Waals surface area contributed by atoms with E-state index in [-0.39, 0.29) is 11.4 Å². The number of allylic oxidation sites excluding steroid dienone is 6. The van der Waals surface area contributed by atoms with Crippen LogP contribution < -0.4 is 0 Å². The van der Waals surface area contributed by atoms with Gasteiger partial charge in [0.1, 0.15) is 0 Å². The Morgan fingerprint density at radius 2 is 1.44 bits per heavy atom. The van der Waals surface area contributed by atoms with Gasteiger partial charge in [0.15, 0.2) is 0 Å². The first-order chi connectivity index (χ1) is 29.2. The minimum atomic E-state index is 0.0494. The van der Waals surface area contributed by atoms with Crippen LogP contribution in [0.1, 0.15) is 68.9 Å². The lowest BCUT2D eigenvalue weighted by Gasteiger charge is -2.60. The lowest BCUT2D eigenvalue weighted by atomic mass is 9.44. The highest BCUT2D eigenvalue weighted by molar-refractivity contribution is 7.07. The van der Waals surface area contributed by atoms with E-state index in [9.17, 15) is 4.79 Å². The molecule has 19 rings (SSSR count). The summed E-state index contributed by atoms with van der Waals surface area (Å²) in [5, 5.41) is 4.34. The summed E-state index contributed by atoms with van der Waals surface area (Å²) in [5.41, 5.74) is 12.4. The molecule has 1 heterocycles. The second-order valence-electron chi connectivity index (χ2n) is 25.4. The molecule has 0 N–H and O–H groups in total. The fraction of sp³-hybridized carbons (Fsp3) is 0.696. The summed E-state index contributed by atoms with van der Waals surface area (Å²) < 4.78 is 5.98. The quantitative estimate of drug-likeness (QED) is 0.197. The van der Waals surface area contributed by atoms with E-state index < -0.39 is 0 Å². The van der Waals surface area contributed by atoms with Crippen LogP contribution in [-0.4, -0.2) is 12.6 Å². The largest absolute Gasteiger partial charge is 0.465 e. The fourth-order valence-electron chi connectivity index (χ4n) is 26.6. The van der Waals surface area contributed by atoms with E-state index in [1.165, 1.54) is 31.2 Å². The van der Waals surface area contributed by atoms with Gasteiger partial charge >= 0.3 is 5.97 Å². The number of hydrogen-bond donors (Lipinski definition) is 0. The molecule has 1 aromatic heterocycles. The van der Waals surface area contributed by atoms with Crippen molar-refractivity contribution in [2.75, 3.05) is 6.61 Å². The van der Waals surface area contributed by atoms with Gasteiger partial charge in [-0.1, -0.05) is 64.8 Å². The third-order valence-corrected chi connectivity index (χ3v) is 26.3. The second-order valence-corrected chi connectivity index (χ2v) is 26.2. The average molecular weight is 795 g/mol. The number of fused-ring (bicyclic) bond motifs is 1. The van der Waals surface area contributed by atoms with Crippen molar-refractivity contribution in [2.45, 2.75) is 69.6 Å². The number of ether oxygens (including phenoxy) is 1. The summed E-state index contributed by atoms with van der Waals surface area (Å²) in [6, 6.07) is 14.5. The molecular formula is C56H58O2S. The van der Waals surface area contributed by atoms with Crippen molar-refractivity contribution in [2.24, 2.45) is 159 Å². The molecule has 0 radical (unpaired) electrons. The first-order valence-electron chi connectivity index (χ1n) is 25.5. The van der Waals surface area contributed by atoms with Gasteiger partial charge in [-0.3, -0.25) is 4.79 Å². The molecule has 28 atom stereocenters. The lowest BCUT2D eigenvalue weighted by molar-refractivity contribution is -0.143. The fourth-order valence-corrected chi connectivity index (χ4v) is 27.3. The highest BCUT2D eigenvalue weighted by Crippen LogP contribution is 2.97. The molecule has 17 aliphatic carbocycles. The number of esters is 1. The number of benzene rings is 1. The van der Waals surface area contributed by atoms with Crippen LogP contribution in [0.2, 0.25) is 0 Å². The molecule has 0 amide bonds. The normalized spacial score (nSPS) is 62.8. The zero-order valence-corrected chi connectivity index (χ0v) is 35.1. The molecule has 13 saturated carbocycles. The Bertz CT molecular complexity index is 2460. The Balaban J connectivity index is 0.820. The van der Waals surface area contributed by atoms with Crippen LogP contribution in [-0.2, 0) is 21.4 Å². The van der Waals surface area contributed by atoms with Gasteiger partial charge in [-0.25, -0.2) is 0 Å². The summed E-state index contributed by atoms with van der Waals surface area (Å²) in [6.45, 7) is 0.526. The average Bonchev–Trinajstić information content (AvgIpc) is 4.03. The summed E-state index contributed by atoms with van der Waals surface area (Å²) in [5.74, 6) is 25.6. The molecule has 2 aromatic rings. The van der Waals surface area contributed by atoms with Crippen LogP contribution in [0.25, 0.3) is 0 Å². The monoisotopic (exact) mass is 794 g/mol. The van der Waals surface area contributed by atoms with Crippen molar-refractivity contribution < 1.29 is 9.53 Å². The number of carbonyl (C=O) groups is 1. The van der Waals surface area contributed by atoms with Gasteiger partial charge < -0.3 is 4.74 Å². The minimum Gasteiger partial charge on any atom is -0.465 e. The topological polar surface area (TPSA) is 26.3 Å². The summed E-state index contributed by atoms with van der Waals surface area (Å²) in [7, 11) is 0. The number of carbonyl (C=O) groups excluding carboxylic acids is 1. The third-order valence-electron chi connectivity index (χ3n) is 25.6. The predicted octanol–water partition coefficient (Wildman–Crippen LogP) is 10.7. The van der Waals surface area contributed by atoms with Crippen LogP contribution in [0.15, 0.2) is 81.6 Å². The van der Waals surface area contributed by atoms with E-state index in [4.69, 9.17) is 4.74 Å². The molecule has 2 nitrogen and oxygen atoms in total. The molecule has 1 aromatic carbocycles. The van der Waals surface area contributed by atoms with E-state index in [0.717, 1.165) is 167 Å². The smallest absolute Gasteiger partial charge is 0.305 e. The van der Waals surface area contributed by atoms with Crippen LogP contribution in [0.4, 0.5) is 0 Å². The predicted molar refractivity (Wildman–Crippen MR) is 225 cm³/mol. The van der Waals surface area contributed by atoms with Crippen molar-refractivity contribution in [3.8, 4) is 0 Å². The van der Waals surface area contributed by atoms with Crippen LogP contribution in [0.3, 0.4) is 0 Å². The van der Waals surface area contributed by atoms with Crippen molar-refractivity contribution in [3.63, 3.8) is 0 Å². The van der Waals surface area contributed by atoms with Gasteiger partial charge in [0, 0.05) is 18.3 Å². The summed E-state index contributed by atoms with van der Waals surface area (Å²) in [4.78, 5) is 13.6. The molecule has 17 aliphatic rings. The standard InChI is InChI=1S/C56H58O2S/c57-32(58-11-8-22-9-12-59-21-22)7-4-10-55(30-5-2-1-3-6-30)54-31-19-28-17-25-15-26-14-23-13-24-16-27-18-29-20-56(54,55)53-39(29)44-38(27)43-34(24)33(23)41-37(26)42-35(25)36(28)45-40(31)52(53)51-49(44)47(43)46(41)48(42)50(45)51/h1-3,5-6,9,12,15,18,21,23-24,26,28-29,31,33-40,42-45,47-54H,4,7-8,10-11,13-14,16-17,19-20H2/t23-,24?,26-,28?,29?,31?,33?,34?,35?,36?,37?,38?,39?,40?,42?,43?,44?,45?,47?,48?,49?,50?,51?,52?,53?,54?,55?,56?/m1/s1. The number of hydrogen-bond acceptors (Lipinski definition) is 3. The SMILES string of the molecule is O=C(CCCC1(c2ccccc2)C2C3CC4CC5=C[C@H]6C[C@H]7CC8CC9=CC%10CC21C1C%10C2C9C9C%10C%11=C(C7C89)C6C6C5C4C4C3C1C(C%102)C4C%116)OCCc1ccsc1. The van der Waals surface area contributed by atoms with E-state index in [1.54, 1.807) is 36.2 Å². The lowest BCUT2D eigenvalue weighted by Crippen LogP contribution is -2.56. The summed E-state index contributed by atoms with van der Waals surface area (Å²) >= 11 is 1.74. The highest BCUT2D eigenvalue weighted by Gasteiger charge is 2.94. The van der Waals surface area contributed by atoms with E-state index in [2.05, 4.69) is 81.6 Å². The molecule has 0 aliphatic heterocycles. The van der Waals surface area contributed by atoms with Crippen molar-refractivity contribution >= 4 is 17.3 Å². The van der Waals surface area contributed by atoms with Crippen LogP contribution in [0, 0.1) is 159 Å². The first-order valence-corrected chi connectivity index (χ1v) is 26.5. The maximum Gasteiger partial charge on any atom is 0.305 e. The molecular weight excluding hydrogens is 737 g/mol. The second kappa shape index (κ2) is 9.57. The first kappa shape index (κ1) is 31.4.